The van der Waals surface area contributed by atoms with Crippen LogP contribution < -0.4 is 10.2 Å². The largest absolute Gasteiger partial charge is 0.321 e. The van der Waals surface area contributed by atoms with Gasteiger partial charge in [0.25, 0.3) is 11.8 Å². The number of nitrogens with zero attached hydrogens (tertiary/aromatic N) is 2. The minimum Gasteiger partial charge on any atom is -0.321 e. The number of anilines is 2. The molecule has 0 aromatic heterocycles. The number of benzene rings is 2. The first-order valence-corrected chi connectivity index (χ1v) is 9.02. The van der Waals surface area contributed by atoms with Crippen LogP contribution >= 0.6 is 11.6 Å². The van der Waals surface area contributed by atoms with Crippen LogP contribution in [0.25, 0.3) is 0 Å². The molecule has 0 aliphatic carbocycles. The molecule has 1 atom stereocenters. The van der Waals surface area contributed by atoms with Crippen LogP contribution in [0, 0.1) is 6.92 Å². The standard InChI is InChI=1S/C20H18ClN3O3/c1-12-7-8-15(14(21)11-12)22-19(27)20-10-9-17(25)24(20)16-6-4-3-5-13(16)18(26)23(20)2/h3-8,11H,9-10H2,1-2H3,(H,22,27). The summed E-state index contributed by atoms with van der Waals surface area (Å²) < 4.78 is 0. The number of hydrogen-bond acceptors (Lipinski definition) is 3. The van der Waals surface area contributed by atoms with Gasteiger partial charge in [0.1, 0.15) is 0 Å². The van der Waals surface area contributed by atoms with E-state index in [4.69, 9.17) is 11.6 Å². The minimum atomic E-state index is -1.41. The Labute approximate surface area is 161 Å². The van der Waals surface area contributed by atoms with E-state index >= 15 is 0 Å². The first kappa shape index (κ1) is 17.5. The molecule has 2 aromatic rings. The van der Waals surface area contributed by atoms with Crippen molar-refractivity contribution in [3.63, 3.8) is 0 Å². The van der Waals surface area contributed by atoms with Crippen molar-refractivity contribution in [3.05, 3.63) is 58.6 Å². The van der Waals surface area contributed by atoms with Gasteiger partial charge < -0.3 is 10.2 Å². The van der Waals surface area contributed by atoms with E-state index in [9.17, 15) is 14.4 Å². The quantitative estimate of drug-likeness (QED) is 0.865. The van der Waals surface area contributed by atoms with Crippen molar-refractivity contribution in [3.8, 4) is 0 Å². The molecule has 27 heavy (non-hydrogen) atoms. The van der Waals surface area contributed by atoms with E-state index < -0.39 is 11.6 Å². The number of carbonyl (C=O) groups is 3. The molecule has 0 saturated carbocycles. The van der Waals surface area contributed by atoms with Gasteiger partial charge in [0.2, 0.25) is 11.6 Å². The molecule has 138 valence electrons. The number of carbonyl (C=O) groups excluding carboxylic acids is 3. The Morgan fingerprint density at radius 2 is 1.93 bits per heavy atom. The predicted molar refractivity (Wildman–Crippen MR) is 103 cm³/mol. The van der Waals surface area contributed by atoms with Gasteiger partial charge in [-0.15, -0.1) is 0 Å². The average molecular weight is 384 g/mol. The fourth-order valence-corrected chi connectivity index (χ4v) is 4.15. The van der Waals surface area contributed by atoms with Gasteiger partial charge in [-0.2, -0.15) is 0 Å². The molecule has 7 heteroatoms. The summed E-state index contributed by atoms with van der Waals surface area (Å²) in [6.45, 7) is 1.90. The van der Waals surface area contributed by atoms with Gasteiger partial charge in [0, 0.05) is 19.9 Å². The van der Waals surface area contributed by atoms with Gasteiger partial charge in [0.15, 0.2) is 0 Å². The summed E-state index contributed by atoms with van der Waals surface area (Å²) in [7, 11) is 1.56. The monoisotopic (exact) mass is 383 g/mol. The summed E-state index contributed by atoms with van der Waals surface area (Å²) in [5, 5.41) is 3.22. The van der Waals surface area contributed by atoms with Crippen molar-refractivity contribution in [1.82, 2.24) is 4.90 Å². The summed E-state index contributed by atoms with van der Waals surface area (Å²) in [6, 6.07) is 12.2. The highest BCUT2D eigenvalue weighted by Crippen LogP contribution is 2.44. The molecule has 6 nitrogen and oxygen atoms in total. The molecule has 2 aliphatic heterocycles. The summed E-state index contributed by atoms with van der Waals surface area (Å²) in [6.07, 6.45) is 0.402. The van der Waals surface area contributed by atoms with Crippen molar-refractivity contribution < 1.29 is 14.4 Å². The van der Waals surface area contributed by atoms with Gasteiger partial charge in [-0.1, -0.05) is 29.8 Å². The third-order valence-electron chi connectivity index (χ3n) is 5.28. The Balaban J connectivity index is 1.81. The fourth-order valence-electron chi connectivity index (χ4n) is 3.87. The summed E-state index contributed by atoms with van der Waals surface area (Å²) >= 11 is 6.25. The molecule has 1 unspecified atom stereocenters. The zero-order valence-corrected chi connectivity index (χ0v) is 15.7. The lowest BCUT2D eigenvalue weighted by Crippen LogP contribution is -2.68. The molecular formula is C20H18ClN3O3. The van der Waals surface area contributed by atoms with Crippen molar-refractivity contribution in [2.45, 2.75) is 25.4 Å². The lowest BCUT2D eigenvalue weighted by Gasteiger charge is -2.47. The number of fused-ring (bicyclic) bond motifs is 3. The number of halogens is 1. The SMILES string of the molecule is Cc1ccc(NC(=O)C23CCC(=O)N2c2ccccc2C(=O)N3C)c(Cl)c1. The van der Waals surface area contributed by atoms with Gasteiger partial charge in [-0.05, 0) is 36.8 Å². The maximum atomic E-state index is 13.4. The molecule has 3 amide bonds. The van der Waals surface area contributed by atoms with Gasteiger partial charge in [-0.25, -0.2) is 0 Å². The van der Waals surface area contributed by atoms with Crippen LogP contribution in [0.4, 0.5) is 11.4 Å². The fraction of sp³-hybridized carbons (Fsp3) is 0.250. The normalized spacial score (nSPS) is 21.1. The molecule has 1 saturated heterocycles. The van der Waals surface area contributed by atoms with E-state index in [1.807, 2.05) is 13.0 Å². The van der Waals surface area contributed by atoms with Crippen LogP contribution in [0.1, 0.15) is 28.8 Å². The van der Waals surface area contributed by atoms with E-state index in [1.165, 1.54) is 9.80 Å². The molecule has 1 fully saturated rings. The molecule has 2 heterocycles. The molecule has 0 bridgehead atoms. The van der Waals surface area contributed by atoms with Crippen LogP contribution in [0.3, 0.4) is 0 Å². The number of nitrogens with one attached hydrogen (secondary N) is 1. The Morgan fingerprint density at radius 1 is 1.19 bits per heavy atom. The Hall–Kier alpha value is -2.86. The molecule has 2 aliphatic rings. The maximum Gasteiger partial charge on any atom is 0.271 e. The van der Waals surface area contributed by atoms with Crippen molar-refractivity contribution >= 4 is 40.7 Å². The zero-order valence-electron chi connectivity index (χ0n) is 15.0. The number of rotatable bonds is 2. The van der Waals surface area contributed by atoms with Gasteiger partial charge >= 0.3 is 0 Å². The van der Waals surface area contributed by atoms with Gasteiger partial charge in [0.05, 0.1) is 22.0 Å². The average Bonchev–Trinajstić information content (AvgIpc) is 3.01. The lowest BCUT2D eigenvalue weighted by molar-refractivity contribution is -0.128. The summed E-state index contributed by atoms with van der Waals surface area (Å²) in [5.41, 5.74) is 0.880. The highest BCUT2D eigenvalue weighted by Gasteiger charge is 2.59. The number of aryl methyl sites for hydroxylation is 1. The molecule has 1 N–H and O–H groups in total. The van der Waals surface area contributed by atoms with Crippen LogP contribution in [0.2, 0.25) is 5.02 Å². The van der Waals surface area contributed by atoms with Crippen LogP contribution in [-0.2, 0) is 9.59 Å². The van der Waals surface area contributed by atoms with Crippen molar-refractivity contribution in [2.75, 3.05) is 17.3 Å². The first-order valence-electron chi connectivity index (χ1n) is 8.64. The Morgan fingerprint density at radius 3 is 2.67 bits per heavy atom. The second-order valence-corrected chi connectivity index (χ2v) is 7.27. The predicted octanol–water partition coefficient (Wildman–Crippen LogP) is 3.20. The molecular weight excluding hydrogens is 366 g/mol. The van der Waals surface area contributed by atoms with Crippen LogP contribution in [-0.4, -0.2) is 35.3 Å². The van der Waals surface area contributed by atoms with E-state index in [0.717, 1.165) is 5.56 Å². The number of likely N-dealkylation sites (N-methyl/N-ethyl adjacent to an activating group) is 1. The second kappa shape index (κ2) is 6.09. The topological polar surface area (TPSA) is 69.7 Å². The van der Waals surface area contributed by atoms with Crippen LogP contribution in [0.5, 0.6) is 0 Å². The van der Waals surface area contributed by atoms with Crippen LogP contribution in [0.15, 0.2) is 42.5 Å². The third-order valence-corrected chi connectivity index (χ3v) is 5.59. The van der Waals surface area contributed by atoms with Crippen molar-refractivity contribution in [2.24, 2.45) is 0 Å². The van der Waals surface area contributed by atoms with Gasteiger partial charge in [-0.3, -0.25) is 19.3 Å². The minimum absolute atomic E-state index is 0.182. The van der Waals surface area contributed by atoms with E-state index in [1.54, 1.807) is 43.4 Å². The first-order chi connectivity index (χ1) is 12.9. The third kappa shape index (κ3) is 2.44. The number of amides is 3. The maximum absolute atomic E-state index is 13.4. The highest BCUT2D eigenvalue weighted by molar-refractivity contribution is 6.34. The Kier molecular flexibility index (Phi) is 3.96. The van der Waals surface area contributed by atoms with E-state index in [0.29, 0.717) is 22.0 Å². The smallest absolute Gasteiger partial charge is 0.271 e. The lowest BCUT2D eigenvalue weighted by atomic mass is 9.96. The second-order valence-electron chi connectivity index (χ2n) is 6.86. The van der Waals surface area contributed by atoms with Crippen molar-refractivity contribution in [1.29, 1.82) is 0 Å². The van der Waals surface area contributed by atoms with E-state index in [2.05, 4.69) is 5.32 Å². The molecule has 0 spiro atoms. The highest BCUT2D eigenvalue weighted by atomic mass is 35.5. The Bertz CT molecular complexity index is 990. The number of para-hydroxylation sites is 1. The number of hydrogen-bond donors (Lipinski definition) is 1. The summed E-state index contributed by atoms with van der Waals surface area (Å²) in [5.74, 6) is -0.932. The molecule has 0 radical (unpaired) electrons. The zero-order chi connectivity index (χ0) is 19.3. The van der Waals surface area contributed by atoms with E-state index in [-0.39, 0.29) is 24.7 Å². The summed E-state index contributed by atoms with van der Waals surface area (Å²) in [4.78, 5) is 41.8. The molecule has 2 aromatic carbocycles. The molecule has 4 rings (SSSR count).